The van der Waals surface area contributed by atoms with Crippen molar-refractivity contribution < 1.29 is 4.74 Å². The van der Waals surface area contributed by atoms with Gasteiger partial charge in [-0.05, 0) is 86.2 Å². The fourth-order valence-corrected chi connectivity index (χ4v) is 3.15. The van der Waals surface area contributed by atoms with E-state index >= 15 is 0 Å². The van der Waals surface area contributed by atoms with E-state index in [-0.39, 0.29) is 0 Å². The van der Waals surface area contributed by atoms with Crippen LogP contribution in [0.2, 0.25) is 5.02 Å². The standard InChI is InChI=1S/C26H25ClN2O/c1-19(28-16-21-2-3-21)18-30-26-14-5-20(6-15-26)4-12-25-13-9-23(17-29-25)22-7-10-24(27)11-8-22/h5-11,13-15,17,19,21,28H,2-3,16,18H2,1H3/t19-/m0/s1. The first kappa shape index (κ1) is 20.5. The second-order valence-corrected chi connectivity index (χ2v) is 8.21. The molecule has 1 aliphatic rings. The van der Waals surface area contributed by atoms with Crippen LogP contribution in [0.25, 0.3) is 11.1 Å². The minimum absolute atomic E-state index is 0.354. The highest BCUT2D eigenvalue weighted by Crippen LogP contribution is 2.27. The highest BCUT2D eigenvalue weighted by Gasteiger charge is 2.21. The SMILES string of the molecule is C[C@@H](COc1ccc(C#Cc2ccc(-c3ccc(Cl)cc3)cn2)cc1)NCC1CC1. The lowest BCUT2D eigenvalue weighted by molar-refractivity contribution is 0.272. The van der Waals surface area contributed by atoms with Gasteiger partial charge in [0.2, 0.25) is 0 Å². The number of hydrogen-bond acceptors (Lipinski definition) is 3. The molecule has 1 N–H and O–H groups in total. The zero-order valence-corrected chi connectivity index (χ0v) is 17.8. The second kappa shape index (κ2) is 9.80. The summed E-state index contributed by atoms with van der Waals surface area (Å²) in [6.07, 6.45) is 4.57. The molecule has 0 saturated heterocycles. The summed E-state index contributed by atoms with van der Waals surface area (Å²) >= 11 is 5.95. The number of benzene rings is 2. The first-order chi connectivity index (χ1) is 14.7. The van der Waals surface area contributed by atoms with Crippen LogP contribution < -0.4 is 10.1 Å². The average Bonchev–Trinajstić information content (AvgIpc) is 3.61. The highest BCUT2D eigenvalue weighted by molar-refractivity contribution is 6.30. The minimum Gasteiger partial charge on any atom is -0.492 e. The van der Waals surface area contributed by atoms with Crippen LogP contribution in [0.4, 0.5) is 0 Å². The molecule has 0 amide bonds. The van der Waals surface area contributed by atoms with Gasteiger partial charge in [-0.25, -0.2) is 4.98 Å². The molecular formula is C26H25ClN2O. The van der Waals surface area contributed by atoms with E-state index in [9.17, 15) is 0 Å². The van der Waals surface area contributed by atoms with E-state index in [4.69, 9.17) is 16.3 Å². The molecule has 1 aliphatic carbocycles. The Labute approximate surface area is 183 Å². The van der Waals surface area contributed by atoms with Crippen LogP contribution in [-0.4, -0.2) is 24.2 Å². The molecule has 0 radical (unpaired) electrons. The summed E-state index contributed by atoms with van der Waals surface area (Å²) in [5.74, 6) is 8.03. The smallest absolute Gasteiger partial charge is 0.119 e. The minimum atomic E-state index is 0.354. The molecule has 1 aromatic heterocycles. The van der Waals surface area contributed by atoms with Crippen molar-refractivity contribution in [1.82, 2.24) is 10.3 Å². The van der Waals surface area contributed by atoms with E-state index in [1.165, 1.54) is 12.8 Å². The van der Waals surface area contributed by atoms with Gasteiger partial charge in [-0.15, -0.1) is 0 Å². The number of halogens is 1. The Balaban J connectivity index is 1.30. The van der Waals surface area contributed by atoms with Gasteiger partial charge in [-0.2, -0.15) is 0 Å². The lowest BCUT2D eigenvalue weighted by Crippen LogP contribution is -2.33. The van der Waals surface area contributed by atoms with E-state index in [0.717, 1.165) is 45.6 Å². The summed E-state index contributed by atoms with van der Waals surface area (Å²) in [7, 11) is 0. The van der Waals surface area contributed by atoms with Crippen LogP contribution >= 0.6 is 11.6 Å². The van der Waals surface area contributed by atoms with Gasteiger partial charge in [0, 0.05) is 28.4 Å². The Kier molecular flexibility index (Phi) is 6.69. The molecule has 0 unspecified atom stereocenters. The lowest BCUT2D eigenvalue weighted by Gasteiger charge is -2.14. The molecule has 0 bridgehead atoms. The van der Waals surface area contributed by atoms with E-state index in [2.05, 4.69) is 29.1 Å². The maximum absolute atomic E-state index is 5.95. The number of ether oxygens (including phenoxy) is 1. The van der Waals surface area contributed by atoms with Gasteiger partial charge in [0.1, 0.15) is 18.1 Å². The van der Waals surface area contributed by atoms with Crippen LogP contribution in [0, 0.1) is 17.8 Å². The van der Waals surface area contributed by atoms with Crippen molar-refractivity contribution in [2.24, 2.45) is 5.92 Å². The van der Waals surface area contributed by atoms with Crippen molar-refractivity contribution in [2.45, 2.75) is 25.8 Å². The summed E-state index contributed by atoms with van der Waals surface area (Å²) in [5, 5.41) is 4.25. The van der Waals surface area contributed by atoms with Crippen molar-refractivity contribution in [2.75, 3.05) is 13.2 Å². The zero-order chi connectivity index (χ0) is 20.8. The molecule has 1 atom stereocenters. The molecule has 0 spiro atoms. The van der Waals surface area contributed by atoms with Gasteiger partial charge in [-0.1, -0.05) is 35.7 Å². The molecule has 1 saturated carbocycles. The summed E-state index contributed by atoms with van der Waals surface area (Å²) in [6.45, 7) is 3.93. The number of pyridine rings is 1. The van der Waals surface area contributed by atoms with E-state index in [0.29, 0.717) is 12.6 Å². The zero-order valence-electron chi connectivity index (χ0n) is 17.1. The predicted octanol–water partition coefficient (Wildman–Crippen LogP) is 5.57. The van der Waals surface area contributed by atoms with Gasteiger partial charge < -0.3 is 10.1 Å². The van der Waals surface area contributed by atoms with Crippen molar-refractivity contribution in [3.63, 3.8) is 0 Å². The van der Waals surface area contributed by atoms with E-state index in [1.807, 2.05) is 66.9 Å². The average molecular weight is 417 g/mol. The maximum Gasteiger partial charge on any atom is 0.119 e. The molecule has 4 rings (SSSR count). The third-order valence-electron chi connectivity index (χ3n) is 5.08. The van der Waals surface area contributed by atoms with Gasteiger partial charge in [-0.3, -0.25) is 0 Å². The summed E-state index contributed by atoms with van der Waals surface area (Å²) in [4.78, 5) is 4.45. The molecule has 30 heavy (non-hydrogen) atoms. The first-order valence-corrected chi connectivity index (χ1v) is 10.7. The molecule has 3 nitrogen and oxygen atoms in total. The van der Waals surface area contributed by atoms with Crippen LogP contribution in [0.15, 0.2) is 66.9 Å². The van der Waals surface area contributed by atoms with E-state index < -0.39 is 0 Å². The summed E-state index contributed by atoms with van der Waals surface area (Å²) in [6, 6.07) is 19.9. The maximum atomic E-state index is 5.95. The Bertz CT molecular complexity index is 1010. The number of aromatic nitrogens is 1. The van der Waals surface area contributed by atoms with Crippen molar-refractivity contribution >= 4 is 11.6 Å². The van der Waals surface area contributed by atoms with Crippen molar-refractivity contribution in [3.8, 4) is 28.7 Å². The molecule has 2 aromatic carbocycles. The van der Waals surface area contributed by atoms with Gasteiger partial charge >= 0.3 is 0 Å². The van der Waals surface area contributed by atoms with E-state index in [1.54, 1.807) is 0 Å². The topological polar surface area (TPSA) is 34.1 Å². The quantitative estimate of drug-likeness (QED) is 0.511. The number of rotatable bonds is 7. The van der Waals surface area contributed by atoms with Crippen molar-refractivity contribution in [3.05, 3.63) is 83.1 Å². The fourth-order valence-electron chi connectivity index (χ4n) is 3.02. The summed E-state index contributed by atoms with van der Waals surface area (Å²) < 4.78 is 5.87. The molecule has 4 heteroatoms. The van der Waals surface area contributed by atoms with Crippen molar-refractivity contribution in [1.29, 1.82) is 0 Å². The lowest BCUT2D eigenvalue weighted by atomic mass is 10.1. The normalized spacial score (nSPS) is 13.9. The van der Waals surface area contributed by atoms with Crippen LogP contribution in [-0.2, 0) is 0 Å². The highest BCUT2D eigenvalue weighted by atomic mass is 35.5. The van der Waals surface area contributed by atoms with Gasteiger partial charge in [0.25, 0.3) is 0 Å². The number of nitrogens with zero attached hydrogens (tertiary/aromatic N) is 1. The third kappa shape index (κ3) is 6.10. The monoisotopic (exact) mass is 416 g/mol. The molecule has 3 aromatic rings. The Morgan fingerprint density at radius 3 is 2.40 bits per heavy atom. The van der Waals surface area contributed by atoms with Gasteiger partial charge in [0.05, 0.1) is 0 Å². The molecule has 1 heterocycles. The molecule has 1 fully saturated rings. The third-order valence-corrected chi connectivity index (χ3v) is 5.33. The van der Waals surface area contributed by atoms with Crippen LogP contribution in [0.1, 0.15) is 31.0 Å². The Hall–Kier alpha value is -2.80. The Morgan fingerprint density at radius 1 is 1.00 bits per heavy atom. The second-order valence-electron chi connectivity index (χ2n) is 7.78. The van der Waals surface area contributed by atoms with Crippen LogP contribution in [0.5, 0.6) is 5.75 Å². The molecule has 0 aliphatic heterocycles. The predicted molar refractivity (Wildman–Crippen MR) is 123 cm³/mol. The number of hydrogen-bond donors (Lipinski definition) is 1. The Morgan fingerprint density at radius 2 is 1.73 bits per heavy atom. The molecule has 152 valence electrons. The van der Waals surface area contributed by atoms with Crippen LogP contribution in [0.3, 0.4) is 0 Å². The van der Waals surface area contributed by atoms with Gasteiger partial charge in [0.15, 0.2) is 0 Å². The first-order valence-electron chi connectivity index (χ1n) is 10.4. The fraction of sp³-hybridized carbons (Fsp3) is 0.269. The number of nitrogens with one attached hydrogen (secondary N) is 1. The summed E-state index contributed by atoms with van der Waals surface area (Å²) in [5.41, 5.74) is 3.80. The largest absolute Gasteiger partial charge is 0.492 e. The molecular weight excluding hydrogens is 392 g/mol.